The van der Waals surface area contributed by atoms with Crippen molar-refractivity contribution in [1.82, 2.24) is 15.2 Å². The fourth-order valence-electron chi connectivity index (χ4n) is 5.17. The van der Waals surface area contributed by atoms with Gasteiger partial charge < -0.3 is 20.3 Å². The fourth-order valence-corrected chi connectivity index (χ4v) is 5.17. The van der Waals surface area contributed by atoms with Gasteiger partial charge in [0.2, 0.25) is 5.91 Å². The fraction of sp³-hybridized carbons (Fsp3) is 0.436. The molecule has 268 valence electrons. The van der Waals surface area contributed by atoms with Crippen LogP contribution in [0.4, 0.5) is 14.6 Å². The van der Waals surface area contributed by atoms with Crippen molar-refractivity contribution < 1.29 is 23.1 Å². The number of likely N-dealkylation sites (N-methyl/N-ethyl adjacent to an activating group) is 1. The van der Waals surface area contributed by atoms with Gasteiger partial charge in [-0.15, -0.1) is 0 Å². The number of carbonyl (C=O) groups is 2. The van der Waals surface area contributed by atoms with Gasteiger partial charge in [-0.05, 0) is 82.5 Å². The number of aldehydes is 1. The second-order valence-corrected chi connectivity index (χ2v) is 12.1. The lowest BCUT2D eigenvalue weighted by Gasteiger charge is -2.36. The van der Waals surface area contributed by atoms with E-state index >= 15 is 0 Å². The van der Waals surface area contributed by atoms with Crippen LogP contribution in [0, 0.1) is 5.92 Å². The molecule has 2 rings (SSSR count). The van der Waals surface area contributed by atoms with Crippen LogP contribution in [-0.4, -0.2) is 67.7 Å². The van der Waals surface area contributed by atoms with Gasteiger partial charge in [0.25, 0.3) is 0 Å². The van der Waals surface area contributed by atoms with Crippen molar-refractivity contribution in [3.05, 3.63) is 108 Å². The number of ether oxygens (including phenoxy) is 1. The zero-order valence-electron chi connectivity index (χ0n) is 30.5. The standard InChI is InChI=1S/C21H33F2N3O.C18H22N2O2/c1-8-10-18(22)20(23)17(9-2)15-11-16(24-5)12-25-13-19(26(6)14-15)21(3,4)27-7;1-4-8-14(3)16(11-15(5-2)13-21)12-18(22)20-17-9-6-7-10-19-17/h9-10,12-13,15-16,24H,2,8,11,14H2,1,3-7H3;5-7,9-11,13H,2,4,8,12H2,1,3H3,(H,19,20,22)/b18-10+,19-13-,20-17-,25-12?;15-11+,16-14-. The number of anilines is 1. The van der Waals surface area contributed by atoms with Crippen LogP contribution in [0.2, 0.25) is 0 Å². The SMILES string of the molecule is C=C/C(=C(F)\C(F)=C/CC)C1CC(NC)C=N/C=C(/C(C)(C)OC)N(C)C1.C=C/C(C=O)=C\C(CC(=O)Nc1ccccn1)=C(/C)CCC. The number of carbonyl (C=O) groups excluding carboxylic acids is 2. The minimum Gasteiger partial charge on any atom is -0.374 e. The molecule has 0 bridgehead atoms. The van der Waals surface area contributed by atoms with Crippen LogP contribution in [0.15, 0.2) is 113 Å². The van der Waals surface area contributed by atoms with Crippen molar-refractivity contribution in [2.24, 2.45) is 10.9 Å². The topological polar surface area (TPSA) is 95.9 Å². The molecule has 0 fully saturated rings. The smallest absolute Gasteiger partial charge is 0.229 e. The van der Waals surface area contributed by atoms with Crippen LogP contribution in [0.3, 0.4) is 0 Å². The summed E-state index contributed by atoms with van der Waals surface area (Å²) in [5.74, 6) is -1.59. The van der Waals surface area contributed by atoms with Gasteiger partial charge in [0, 0.05) is 56.8 Å². The molecule has 10 heteroatoms. The van der Waals surface area contributed by atoms with Crippen molar-refractivity contribution >= 4 is 24.2 Å². The van der Waals surface area contributed by atoms with Crippen molar-refractivity contribution in [2.75, 3.05) is 33.1 Å². The number of methoxy groups -OCH3 is 1. The number of rotatable bonds is 15. The van der Waals surface area contributed by atoms with Gasteiger partial charge in [-0.2, -0.15) is 0 Å². The first-order valence-electron chi connectivity index (χ1n) is 16.6. The maximum absolute atomic E-state index is 14.8. The molecule has 0 spiro atoms. The number of aromatic nitrogens is 1. The van der Waals surface area contributed by atoms with E-state index < -0.39 is 17.3 Å². The van der Waals surface area contributed by atoms with E-state index in [0.29, 0.717) is 30.8 Å². The number of pyridine rings is 1. The summed E-state index contributed by atoms with van der Waals surface area (Å²) in [5.41, 5.74) is 2.97. The van der Waals surface area contributed by atoms with E-state index in [1.54, 1.807) is 50.9 Å². The highest BCUT2D eigenvalue weighted by atomic mass is 19.2. The first-order valence-corrected chi connectivity index (χ1v) is 16.6. The number of nitrogens with one attached hydrogen (secondary N) is 2. The van der Waals surface area contributed by atoms with Gasteiger partial charge in [0.15, 0.2) is 11.7 Å². The molecule has 2 heterocycles. The Morgan fingerprint density at radius 1 is 1.20 bits per heavy atom. The van der Waals surface area contributed by atoms with Crippen molar-refractivity contribution in [3.8, 4) is 0 Å². The van der Waals surface area contributed by atoms with Crippen LogP contribution in [-0.2, 0) is 14.3 Å². The molecule has 2 unspecified atom stereocenters. The average molecular weight is 680 g/mol. The van der Waals surface area contributed by atoms with Crippen molar-refractivity contribution in [2.45, 2.75) is 78.4 Å². The first-order chi connectivity index (χ1) is 23.3. The minimum atomic E-state index is -0.840. The largest absolute Gasteiger partial charge is 0.374 e. The first kappa shape index (κ1) is 42.7. The molecule has 49 heavy (non-hydrogen) atoms. The molecule has 0 saturated carbocycles. The zero-order valence-corrected chi connectivity index (χ0v) is 30.5. The van der Waals surface area contributed by atoms with E-state index in [4.69, 9.17) is 4.74 Å². The molecule has 1 aliphatic heterocycles. The van der Waals surface area contributed by atoms with E-state index in [-0.39, 0.29) is 29.9 Å². The normalized spacial score (nSPS) is 19.4. The van der Waals surface area contributed by atoms with Gasteiger partial charge in [0.05, 0.1) is 12.1 Å². The van der Waals surface area contributed by atoms with Crippen LogP contribution in [0.5, 0.6) is 0 Å². The summed E-state index contributed by atoms with van der Waals surface area (Å²) < 4.78 is 34.5. The molecule has 2 atom stereocenters. The Balaban J connectivity index is 0.000000500. The van der Waals surface area contributed by atoms with Crippen molar-refractivity contribution in [3.63, 3.8) is 0 Å². The maximum atomic E-state index is 14.8. The molecule has 0 radical (unpaired) electrons. The summed E-state index contributed by atoms with van der Waals surface area (Å²) in [6.45, 7) is 17.5. The molecular weight excluding hydrogens is 624 g/mol. The molecule has 1 amide bonds. The third-order valence-electron chi connectivity index (χ3n) is 8.08. The average Bonchev–Trinajstić information content (AvgIpc) is 3.16. The Bertz CT molecular complexity index is 1430. The van der Waals surface area contributed by atoms with E-state index in [0.717, 1.165) is 36.0 Å². The summed E-state index contributed by atoms with van der Waals surface area (Å²) in [4.78, 5) is 33.6. The highest BCUT2D eigenvalue weighted by molar-refractivity contribution is 5.92. The number of nitrogens with zero attached hydrogens (tertiary/aromatic N) is 3. The second kappa shape index (κ2) is 22.4. The quantitative estimate of drug-likeness (QED) is 0.110. The number of allylic oxidation sites excluding steroid dienone is 8. The molecule has 1 aromatic heterocycles. The van der Waals surface area contributed by atoms with Crippen LogP contribution in [0.1, 0.15) is 66.7 Å². The highest BCUT2D eigenvalue weighted by Crippen LogP contribution is 2.31. The lowest BCUT2D eigenvalue weighted by Crippen LogP contribution is -2.39. The van der Waals surface area contributed by atoms with E-state index in [1.807, 2.05) is 45.8 Å². The summed E-state index contributed by atoms with van der Waals surface area (Å²) >= 11 is 0. The predicted octanol–water partition coefficient (Wildman–Crippen LogP) is 8.37. The van der Waals surface area contributed by atoms with Gasteiger partial charge in [-0.3, -0.25) is 14.6 Å². The monoisotopic (exact) mass is 679 g/mol. The van der Waals surface area contributed by atoms with Crippen molar-refractivity contribution in [1.29, 1.82) is 0 Å². The van der Waals surface area contributed by atoms with Crippen LogP contribution in [0.25, 0.3) is 0 Å². The number of hydrogen-bond donors (Lipinski definition) is 2. The Morgan fingerprint density at radius 3 is 2.45 bits per heavy atom. The molecule has 1 aromatic rings. The Hall–Kier alpha value is -4.28. The summed E-state index contributed by atoms with van der Waals surface area (Å²) in [5, 5.41) is 5.92. The molecule has 0 aliphatic carbocycles. The Morgan fingerprint density at radius 2 is 1.92 bits per heavy atom. The summed E-state index contributed by atoms with van der Waals surface area (Å²) in [7, 11) is 5.37. The lowest BCUT2D eigenvalue weighted by atomic mass is 9.89. The zero-order chi connectivity index (χ0) is 37.0. The molecular formula is C39H55F2N5O3. The molecule has 8 nitrogen and oxygen atoms in total. The second-order valence-electron chi connectivity index (χ2n) is 12.1. The predicted molar refractivity (Wildman–Crippen MR) is 198 cm³/mol. The van der Waals surface area contributed by atoms with Gasteiger partial charge >= 0.3 is 0 Å². The molecule has 0 aromatic carbocycles. The third-order valence-corrected chi connectivity index (χ3v) is 8.08. The third kappa shape index (κ3) is 14.4. The highest BCUT2D eigenvalue weighted by Gasteiger charge is 2.30. The minimum absolute atomic E-state index is 0.0781. The van der Waals surface area contributed by atoms with Crippen LogP contribution >= 0.6 is 0 Å². The van der Waals surface area contributed by atoms with Gasteiger partial charge in [-0.25, -0.2) is 13.8 Å². The summed E-state index contributed by atoms with van der Waals surface area (Å²) in [6.07, 6.45) is 14.8. The summed E-state index contributed by atoms with van der Waals surface area (Å²) in [6, 6.07) is 5.25. The number of hydrogen-bond acceptors (Lipinski definition) is 7. The maximum Gasteiger partial charge on any atom is 0.229 e. The molecule has 1 aliphatic rings. The molecule has 0 saturated heterocycles. The van der Waals surface area contributed by atoms with E-state index in [2.05, 4.69) is 40.7 Å². The number of amides is 1. The van der Waals surface area contributed by atoms with E-state index in [9.17, 15) is 18.4 Å². The lowest BCUT2D eigenvalue weighted by molar-refractivity contribution is -0.115. The van der Waals surface area contributed by atoms with E-state index in [1.165, 1.54) is 18.2 Å². The van der Waals surface area contributed by atoms with Crippen LogP contribution < -0.4 is 10.6 Å². The number of aliphatic imine (C=N–C) groups is 1. The Labute approximate surface area is 292 Å². The molecule has 2 N–H and O–H groups in total. The Kier molecular flexibility index (Phi) is 19.5. The van der Waals surface area contributed by atoms with Gasteiger partial charge in [-0.1, -0.05) is 57.2 Å². The van der Waals surface area contributed by atoms with Gasteiger partial charge in [0.1, 0.15) is 17.7 Å². The number of halogens is 2.